The number of sulfonamides is 1. The highest BCUT2D eigenvalue weighted by Crippen LogP contribution is 2.32. The third kappa shape index (κ3) is 3.74. The number of carbonyl (C=O) groups is 1. The van der Waals surface area contributed by atoms with Crippen molar-refractivity contribution in [3.63, 3.8) is 0 Å². The smallest absolute Gasteiger partial charge is 0.253 e. The monoisotopic (exact) mass is 441 g/mol. The second kappa shape index (κ2) is 7.48. The van der Waals surface area contributed by atoms with Gasteiger partial charge in [0.2, 0.25) is 5.91 Å². The molecule has 0 aliphatic carbocycles. The Morgan fingerprint density at radius 3 is 2.89 bits per heavy atom. The highest BCUT2D eigenvalue weighted by Gasteiger charge is 2.38. The number of benzene rings is 1. The zero-order valence-electron chi connectivity index (χ0n) is 14.1. The number of hydrogen-bond donors (Lipinski definition) is 1. The minimum Gasteiger partial charge on any atom is -0.325 e. The number of piperidine rings is 1. The molecule has 0 bridgehead atoms. The highest BCUT2D eigenvalue weighted by molar-refractivity contribution is 7.91. The lowest BCUT2D eigenvalue weighted by Gasteiger charge is -2.33. The van der Waals surface area contributed by atoms with Crippen LogP contribution in [0.1, 0.15) is 19.3 Å². The van der Waals surface area contributed by atoms with Gasteiger partial charge in [-0.1, -0.05) is 18.0 Å². The molecule has 1 aliphatic rings. The summed E-state index contributed by atoms with van der Waals surface area (Å²) in [6, 6.07) is 7.80. The van der Waals surface area contributed by atoms with E-state index in [0.717, 1.165) is 34.4 Å². The van der Waals surface area contributed by atoms with Gasteiger partial charge in [-0.05, 0) is 43.2 Å². The number of halogens is 1. The number of aromatic nitrogens is 1. The molecular formula is C17H16ClN3O3S3. The van der Waals surface area contributed by atoms with Crippen molar-refractivity contribution in [1.82, 2.24) is 9.29 Å². The number of thiophene rings is 1. The summed E-state index contributed by atoms with van der Waals surface area (Å²) >= 11 is 8.43. The Hall–Kier alpha value is -1.52. The molecule has 4 rings (SSSR count). The molecule has 1 atom stereocenters. The summed E-state index contributed by atoms with van der Waals surface area (Å²) in [4.78, 5) is 17.1. The lowest BCUT2D eigenvalue weighted by atomic mass is 10.0. The van der Waals surface area contributed by atoms with Crippen LogP contribution in [0.15, 0.2) is 40.1 Å². The van der Waals surface area contributed by atoms with Gasteiger partial charge < -0.3 is 5.32 Å². The zero-order chi connectivity index (χ0) is 19.0. The molecule has 1 aliphatic heterocycles. The van der Waals surface area contributed by atoms with Crippen LogP contribution in [0.2, 0.25) is 4.34 Å². The molecule has 2 aromatic heterocycles. The van der Waals surface area contributed by atoms with Crippen molar-refractivity contribution in [2.45, 2.75) is 29.5 Å². The van der Waals surface area contributed by atoms with Gasteiger partial charge in [0.25, 0.3) is 10.0 Å². The molecule has 3 heterocycles. The number of fused-ring (bicyclic) bond motifs is 1. The van der Waals surface area contributed by atoms with E-state index in [0.29, 0.717) is 23.0 Å². The van der Waals surface area contributed by atoms with E-state index in [9.17, 15) is 13.2 Å². The van der Waals surface area contributed by atoms with Gasteiger partial charge in [-0.25, -0.2) is 13.4 Å². The van der Waals surface area contributed by atoms with Crippen molar-refractivity contribution in [3.8, 4) is 0 Å². The largest absolute Gasteiger partial charge is 0.325 e. The van der Waals surface area contributed by atoms with E-state index in [1.807, 2.05) is 6.07 Å². The molecule has 1 fully saturated rings. The van der Waals surface area contributed by atoms with Crippen LogP contribution in [0.4, 0.5) is 5.69 Å². The normalized spacial score (nSPS) is 18.6. The number of thiazole rings is 1. The van der Waals surface area contributed by atoms with Crippen molar-refractivity contribution >= 4 is 66.1 Å². The van der Waals surface area contributed by atoms with Crippen LogP contribution < -0.4 is 5.32 Å². The maximum atomic E-state index is 13.0. The number of anilines is 1. The number of carbonyl (C=O) groups excluding carboxylic acids is 1. The van der Waals surface area contributed by atoms with Crippen LogP contribution in [-0.4, -0.2) is 36.2 Å². The second-order valence-corrected chi connectivity index (χ2v) is 10.9. The second-order valence-electron chi connectivity index (χ2n) is 6.21. The van der Waals surface area contributed by atoms with E-state index in [1.54, 1.807) is 23.7 Å². The summed E-state index contributed by atoms with van der Waals surface area (Å²) in [6.07, 6.45) is 2.02. The van der Waals surface area contributed by atoms with Gasteiger partial charge in [0.1, 0.15) is 10.3 Å². The molecule has 3 aromatic rings. The maximum absolute atomic E-state index is 13.0. The van der Waals surface area contributed by atoms with Gasteiger partial charge in [-0.15, -0.1) is 22.7 Å². The molecule has 0 saturated carbocycles. The average molecular weight is 442 g/mol. The quantitative estimate of drug-likeness (QED) is 0.658. The van der Waals surface area contributed by atoms with Crippen LogP contribution in [0.5, 0.6) is 0 Å². The Labute approximate surface area is 169 Å². The Bertz CT molecular complexity index is 1090. The SMILES string of the molecule is O=C(Nc1ccc2scnc2c1)[C@@H]1CCCCN1S(=O)(=O)c1ccc(Cl)s1. The topological polar surface area (TPSA) is 79.4 Å². The van der Waals surface area contributed by atoms with Gasteiger partial charge in [0.05, 0.1) is 20.1 Å². The van der Waals surface area contributed by atoms with Gasteiger partial charge in [0, 0.05) is 12.2 Å². The standard InChI is InChI=1S/C17H16ClN3O3S3/c18-15-6-7-16(26-15)27(23,24)21-8-2-1-3-13(21)17(22)20-11-4-5-14-12(9-11)19-10-25-14/h4-7,9-10,13H,1-3,8H2,(H,20,22)/t13-/m0/s1. The van der Waals surface area contributed by atoms with Crippen molar-refractivity contribution in [2.24, 2.45) is 0 Å². The Morgan fingerprint density at radius 2 is 2.11 bits per heavy atom. The van der Waals surface area contributed by atoms with Gasteiger partial charge in [-0.3, -0.25) is 4.79 Å². The fourth-order valence-corrected chi connectivity index (χ4v) is 7.10. The molecule has 1 amide bonds. The Kier molecular flexibility index (Phi) is 5.21. The first-order valence-corrected chi connectivity index (χ1v) is 11.9. The predicted molar refractivity (Wildman–Crippen MR) is 109 cm³/mol. The van der Waals surface area contributed by atoms with Crippen molar-refractivity contribution in [1.29, 1.82) is 0 Å². The molecule has 1 saturated heterocycles. The highest BCUT2D eigenvalue weighted by atomic mass is 35.5. The van der Waals surface area contributed by atoms with Gasteiger partial charge in [-0.2, -0.15) is 4.31 Å². The van der Waals surface area contributed by atoms with E-state index >= 15 is 0 Å². The van der Waals surface area contributed by atoms with Crippen molar-refractivity contribution < 1.29 is 13.2 Å². The molecule has 0 unspecified atom stereocenters. The summed E-state index contributed by atoms with van der Waals surface area (Å²) < 4.78 is 28.9. The average Bonchev–Trinajstić information content (AvgIpc) is 3.30. The van der Waals surface area contributed by atoms with Crippen molar-refractivity contribution in [3.05, 3.63) is 40.2 Å². The minimum absolute atomic E-state index is 0.163. The Balaban J connectivity index is 1.58. The molecule has 1 N–H and O–H groups in total. The number of nitrogens with zero attached hydrogens (tertiary/aromatic N) is 2. The van der Waals surface area contributed by atoms with Crippen LogP contribution >= 0.6 is 34.3 Å². The van der Waals surface area contributed by atoms with E-state index in [4.69, 9.17) is 11.6 Å². The summed E-state index contributed by atoms with van der Waals surface area (Å²) in [5.74, 6) is -0.324. The van der Waals surface area contributed by atoms with E-state index < -0.39 is 16.1 Å². The molecular weight excluding hydrogens is 426 g/mol. The third-order valence-electron chi connectivity index (χ3n) is 4.47. The van der Waals surface area contributed by atoms with Crippen LogP contribution in [-0.2, 0) is 14.8 Å². The molecule has 27 heavy (non-hydrogen) atoms. The minimum atomic E-state index is -3.76. The van der Waals surface area contributed by atoms with Crippen LogP contribution in [0, 0.1) is 0 Å². The van der Waals surface area contributed by atoms with Crippen LogP contribution in [0.3, 0.4) is 0 Å². The molecule has 142 valence electrons. The first-order chi connectivity index (χ1) is 12.9. The number of nitrogens with one attached hydrogen (secondary N) is 1. The summed E-state index contributed by atoms with van der Waals surface area (Å²) in [7, 11) is -3.76. The fraction of sp³-hybridized carbons (Fsp3) is 0.294. The lowest BCUT2D eigenvalue weighted by Crippen LogP contribution is -2.49. The predicted octanol–water partition coefficient (Wildman–Crippen LogP) is 4.19. The van der Waals surface area contributed by atoms with E-state index in [1.165, 1.54) is 21.7 Å². The summed E-state index contributed by atoms with van der Waals surface area (Å²) in [6.45, 7) is 0.320. The third-order valence-corrected chi connectivity index (χ3v) is 8.88. The first-order valence-electron chi connectivity index (χ1n) is 8.36. The molecule has 10 heteroatoms. The molecule has 0 radical (unpaired) electrons. The number of hydrogen-bond acceptors (Lipinski definition) is 6. The zero-order valence-corrected chi connectivity index (χ0v) is 17.3. The fourth-order valence-electron chi connectivity index (χ4n) is 3.17. The number of amides is 1. The molecule has 6 nitrogen and oxygen atoms in total. The van der Waals surface area contributed by atoms with E-state index in [2.05, 4.69) is 10.3 Å². The number of rotatable bonds is 4. The van der Waals surface area contributed by atoms with Gasteiger partial charge >= 0.3 is 0 Å². The van der Waals surface area contributed by atoms with E-state index in [-0.39, 0.29) is 10.1 Å². The van der Waals surface area contributed by atoms with Gasteiger partial charge in [0.15, 0.2) is 0 Å². The maximum Gasteiger partial charge on any atom is 0.253 e. The summed E-state index contributed by atoms with van der Waals surface area (Å²) in [5.41, 5.74) is 3.16. The molecule has 1 aromatic carbocycles. The Morgan fingerprint density at radius 1 is 1.26 bits per heavy atom. The lowest BCUT2D eigenvalue weighted by molar-refractivity contribution is -0.120. The van der Waals surface area contributed by atoms with Crippen molar-refractivity contribution in [2.75, 3.05) is 11.9 Å². The molecule has 0 spiro atoms. The summed E-state index contributed by atoms with van der Waals surface area (Å²) in [5, 5.41) is 2.85. The van der Waals surface area contributed by atoms with Crippen LogP contribution in [0.25, 0.3) is 10.2 Å². The first kappa shape index (κ1) is 18.8.